The smallest absolute Gasteiger partial charge is 0.345 e. The number of aryl methyl sites for hydroxylation is 1. The molecule has 6 heteroatoms. The average molecular weight is 373 g/mol. The number of carbonyl (C=O) groups excluding carboxylic acids is 1. The van der Waals surface area contributed by atoms with Gasteiger partial charge in [0, 0.05) is 17.0 Å². The Labute approximate surface area is 157 Å². The van der Waals surface area contributed by atoms with Crippen molar-refractivity contribution < 1.29 is 19.4 Å². The summed E-state index contributed by atoms with van der Waals surface area (Å²) in [5, 5.41) is 8.96. The first-order valence-electron chi connectivity index (χ1n) is 8.89. The van der Waals surface area contributed by atoms with Gasteiger partial charge in [-0.2, -0.15) is 0 Å². The number of carboxylic acids is 1. The molecule has 0 unspecified atom stereocenters. The van der Waals surface area contributed by atoms with E-state index in [1.165, 1.54) is 16.9 Å². The van der Waals surface area contributed by atoms with Gasteiger partial charge in [-0.25, -0.2) is 4.79 Å². The number of carbonyl (C=O) groups is 2. The van der Waals surface area contributed by atoms with Gasteiger partial charge in [0.05, 0.1) is 19.3 Å². The summed E-state index contributed by atoms with van der Waals surface area (Å²) in [4.78, 5) is 26.3. The van der Waals surface area contributed by atoms with E-state index < -0.39 is 5.97 Å². The van der Waals surface area contributed by atoms with Crippen LogP contribution in [0, 0.1) is 0 Å². The predicted molar refractivity (Wildman–Crippen MR) is 102 cm³/mol. The van der Waals surface area contributed by atoms with Crippen LogP contribution in [0.25, 0.3) is 0 Å². The van der Waals surface area contributed by atoms with Crippen LogP contribution in [0.1, 0.15) is 46.3 Å². The molecule has 2 aromatic rings. The molecule has 0 bridgehead atoms. The molecule has 0 spiro atoms. The summed E-state index contributed by atoms with van der Waals surface area (Å²) in [7, 11) is 0. The quantitative estimate of drug-likeness (QED) is 0.756. The van der Waals surface area contributed by atoms with Crippen molar-refractivity contribution in [2.75, 3.05) is 11.5 Å². The zero-order valence-electron chi connectivity index (χ0n) is 14.8. The molecule has 3 rings (SSSR count). The minimum atomic E-state index is -0.916. The Morgan fingerprint density at radius 1 is 1.27 bits per heavy atom. The zero-order valence-corrected chi connectivity index (χ0v) is 15.6. The second kappa shape index (κ2) is 8.47. The summed E-state index contributed by atoms with van der Waals surface area (Å²) in [5.74, 6) is -0.786. The predicted octanol–water partition coefficient (Wildman–Crippen LogP) is 4.11. The maximum absolute atomic E-state index is 12.3. The fourth-order valence-corrected chi connectivity index (χ4v) is 4.02. The number of aromatic carboxylic acids is 1. The van der Waals surface area contributed by atoms with E-state index in [2.05, 4.69) is 19.1 Å². The topological polar surface area (TPSA) is 66.8 Å². The van der Waals surface area contributed by atoms with Crippen molar-refractivity contribution >= 4 is 28.9 Å². The van der Waals surface area contributed by atoms with E-state index in [4.69, 9.17) is 9.84 Å². The van der Waals surface area contributed by atoms with Crippen molar-refractivity contribution in [3.63, 3.8) is 0 Å². The minimum Gasteiger partial charge on any atom is -0.477 e. The molecule has 26 heavy (non-hydrogen) atoms. The highest BCUT2D eigenvalue weighted by atomic mass is 32.1. The molecule has 5 nitrogen and oxygen atoms in total. The van der Waals surface area contributed by atoms with Crippen molar-refractivity contribution in [2.24, 2.45) is 0 Å². The molecular formula is C20H23NO4S. The normalized spacial score (nSPS) is 17.0. The number of benzene rings is 1. The Bertz CT molecular complexity index is 768. The Balaban J connectivity index is 1.59. The number of amides is 1. The maximum Gasteiger partial charge on any atom is 0.345 e. The molecule has 0 aliphatic carbocycles. The lowest BCUT2D eigenvalue weighted by molar-refractivity contribution is -0.117. The van der Waals surface area contributed by atoms with Crippen molar-refractivity contribution in [2.45, 2.75) is 45.3 Å². The van der Waals surface area contributed by atoms with E-state index in [-0.39, 0.29) is 11.9 Å². The number of anilines is 1. The molecule has 0 radical (unpaired) electrons. The summed E-state index contributed by atoms with van der Waals surface area (Å²) in [5.41, 5.74) is 2.20. The van der Waals surface area contributed by atoms with E-state index in [0.717, 1.165) is 29.8 Å². The lowest BCUT2D eigenvalue weighted by Gasteiger charge is -2.25. The van der Waals surface area contributed by atoms with Crippen LogP contribution in [-0.4, -0.2) is 29.6 Å². The van der Waals surface area contributed by atoms with E-state index in [1.807, 2.05) is 17.0 Å². The van der Waals surface area contributed by atoms with Gasteiger partial charge in [-0.1, -0.05) is 25.5 Å². The van der Waals surface area contributed by atoms with E-state index in [0.29, 0.717) is 24.5 Å². The van der Waals surface area contributed by atoms with E-state index in [1.54, 1.807) is 12.1 Å². The van der Waals surface area contributed by atoms with Gasteiger partial charge in [0.15, 0.2) is 0 Å². The molecule has 138 valence electrons. The number of hydrogen-bond donors (Lipinski definition) is 1. The second-order valence-electron chi connectivity index (χ2n) is 6.46. The lowest BCUT2D eigenvalue weighted by Crippen LogP contribution is -2.36. The number of ether oxygens (including phenoxy) is 1. The molecule has 1 amide bonds. The van der Waals surface area contributed by atoms with E-state index >= 15 is 0 Å². The Hall–Kier alpha value is -2.18. The third kappa shape index (κ3) is 4.31. The minimum absolute atomic E-state index is 0.0263. The van der Waals surface area contributed by atoms with Crippen molar-refractivity contribution in [3.05, 3.63) is 51.7 Å². The molecule has 1 saturated heterocycles. The van der Waals surface area contributed by atoms with Crippen molar-refractivity contribution in [3.8, 4) is 0 Å². The monoisotopic (exact) mass is 373 g/mol. The average Bonchev–Trinajstić information content (AvgIpc) is 3.24. The van der Waals surface area contributed by atoms with Gasteiger partial charge in [0.2, 0.25) is 5.91 Å². The van der Waals surface area contributed by atoms with Crippen LogP contribution in [0.3, 0.4) is 0 Å². The van der Waals surface area contributed by atoms with Crippen LogP contribution in [0.4, 0.5) is 5.69 Å². The standard InChI is InChI=1S/C20H23NO4S/c1-2-3-14-4-6-15(7-5-14)21-16(8-11-19(21)22)12-25-13-17-9-10-18(26-17)20(23)24/h4-7,9-10,16H,2-3,8,11-13H2,1H3,(H,23,24)/t16-/m1/s1. The van der Waals surface area contributed by atoms with Gasteiger partial charge < -0.3 is 14.7 Å². The number of thiophene rings is 1. The van der Waals surface area contributed by atoms with Gasteiger partial charge >= 0.3 is 5.97 Å². The van der Waals surface area contributed by atoms with Crippen LogP contribution in [0.5, 0.6) is 0 Å². The summed E-state index contributed by atoms with van der Waals surface area (Å²) >= 11 is 1.22. The highest BCUT2D eigenvalue weighted by molar-refractivity contribution is 7.13. The molecule has 1 N–H and O–H groups in total. The molecule has 0 saturated carbocycles. The number of nitrogens with zero attached hydrogens (tertiary/aromatic N) is 1. The summed E-state index contributed by atoms with van der Waals surface area (Å²) in [6.07, 6.45) is 3.46. The first-order chi connectivity index (χ1) is 12.6. The van der Waals surface area contributed by atoms with E-state index in [9.17, 15) is 9.59 Å². The molecular weight excluding hydrogens is 350 g/mol. The Kier molecular flexibility index (Phi) is 6.06. The van der Waals surface area contributed by atoms with Gasteiger partial charge in [0.25, 0.3) is 0 Å². The fraction of sp³-hybridized carbons (Fsp3) is 0.400. The SMILES string of the molecule is CCCc1ccc(N2C(=O)CC[C@@H]2COCc2ccc(C(=O)O)s2)cc1. The van der Waals surface area contributed by atoms with Crippen LogP contribution in [0.2, 0.25) is 0 Å². The molecule has 1 fully saturated rings. The van der Waals surface area contributed by atoms with Gasteiger partial charge in [-0.05, 0) is 42.7 Å². The lowest BCUT2D eigenvalue weighted by atomic mass is 10.1. The highest BCUT2D eigenvalue weighted by Crippen LogP contribution is 2.28. The van der Waals surface area contributed by atoms with Crippen LogP contribution >= 0.6 is 11.3 Å². The highest BCUT2D eigenvalue weighted by Gasteiger charge is 2.32. The molecule has 1 aromatic carbocycles. The van der Waals surface area contributed by atoms with Crippen LogP contribution < -0.4 is 4.90 Å². The third-order valence-corrected chi connectivity index (χ3v) is 5.55. The third-order valence-electron chi connectivity index (χ3n) is 4.51. The molecule has 1 aliphatic rings. The number of rotatable bonds is 8. The van der Waals surface area contributed by atoms with Gasteiger partial charge in [0.1, 0.15) is 4.88 Å². The molecule has 2 heterocycles. The first kappa shape index (κ1) is 18.6. The first-order valence-corrected chi connectivity index (χ1v) is 9.71. The van der Waals surface area contributed by atoms with Gasteiger partial charge in [-0.15, -0.1) is 11.3 Å². The summed E-state index contributed by atoms with van der Waals surface area (Å²) in [6.45, 7) is 2.97. The summed E-state index contributed by atoms with van der Waals surface area (Å²) < 4.78 is 5.78. The molecule has 1 aliphatic heterocycles. The second-order valence-corrected chi connectivity index (χ2v) is 7.63. The summed E-state index contributed by atoms with van der Waals surface area (Å²) in [6, 6.07) is 11.6. The number of carboxylic acid groups (broad SMARTS) is 1. The largest absolute Gasteiger partial charge is 0.477 e. The van der Waals surface area contributed by atoms with Crippen LogP contribution in [0.15, 0.2) is 36.4 Å². The fourth-order valence-electron chi connectivity index (χ4n) is 3.23. The van der Waals surface area contributed by atoms with Gasteiger partial charge in [-0.3, -0.25) is 4.79 Å². The Morgan fingerprint density at radius 3 is 2.69 bits per heavy atom. The molecule has 1 aromatic heterocycles. The van der Waals surface area contributed by atoms with Crippen molar-refractivity contribution in [1.82, 2.24) is 0 Å². The molecule has 1 atom stereocenters. The number of hydrogen-bond acceptors (Lipinski definition) is 4. The van der Waals surface area contributed by atoms with Crippen LogP contribution in [-0.2, 0) is 22.6 Å². The Morgan fingerprint density at radius 2 is 2.04 bits per heavy atom. The maximum atomic E-state index is 12.3. The zero-order chi connectivity index (χ0) is 18.5. The van der Waals surface area contributed by atoms with Crippen molar-refractivity contribution in [1.29, 1.82) is 0 Å².